The molecule has 0 aliphatic carbocycles. The molecule has 2 aromatic rings. The normalized spacial score (nSPS) is 10.3. The van der Waals surface area contributed by atoms with E-state index in [4.69, 9.17) is 0 Å². The van der Waals surface area contributed by atoms with Crippen molar-refractivity contribution >= 4 is 39.3 Å². The first-order valence-electron chi connectivity index (χ1n) is 5.68. The van der Waals surface area contributed by atoms with E-state index in [1.165, 1.54) is 6.07 Å². The Morgan fingerprint density at radius 3 is 2.50 bits per heavy atom. The Kier molecular flexibility index (Phi) is 5.14. The van der Waals surface area contributed by atoms with Crippen LogP contribution in [-0.2, 0) is 4.79 Å². The van der Waals surface area contributed by atoms with Crippen LogP contribution in [0.1, 0.15) is 0 Å². The van der Waals surface area contributed by atoms with E-state index in [1.807, 2.05) is 12.1 Å². The summed E-state index contributed by atoms with van der Waals surface area (Å²) in [5.74, 6) is -1.49. The van der Waals surface area contributed by atoms with Crippen LogP contribution in [0.25, 0.3) is 0 Å². The monoisotopic (exact) mass is 357 g/mol. The van der Waals surface area contributed by atoms with E-state index < -0.39 is 11.6 Å². The van der Waals surface area contributed by atoms with Crippen LogP contribution in [0.15, 0.2) is 51.8 Å². The molecule has 2 aromatic carbocycles. The van der Waals surface area contributed by atoms with Crippen LogP contribution in [0.4, 0.5) is 14.5 Å². The fourth-order valence-corrected chi connectivity index (χ4v) is 2.45. The van der Waals surface area contributed by atoms with Crippen LogP contribution in [0.5, 0.6) is 0 Å². The number of amides is 1. The molecule has 0 saturated carbocycles. The van der Waals surface area contributed by atoms with Crippen LogP contribution in [0, 0.1) is 11.6 Å². The van der Waals surface area contributed by atoms with Gasteiger partial charge < -0.3 is 5.32 Å². The van der Waals surface area contributed by atoms with Crippen LogP contribution in [-0.4, -0.2) is 11.7 Å². The summed E-state index contributed by atoms with van der Waals surface area (Å²) in [5.41, 5.74) is 0.665. The lowest BCUT2D eigenvalue weighted by Crippen LogP contribution is -2.13. The molecule has 0 radical (unpaired) electrons. The third-order valence-electron chi connectivity index (χ3n) is 2.38. The molecular formula is C14H10BrF2NOS. The highest BCUT2D eigenvalue weighted by Crippen LogP contribution is 2.22. The van der Waals surface area contributed by atoms with E-state index in [-0.39, 0.29) is 16.6 Å². The van der Waals surface area contributed by atoms with Crippen molar-refractivity contribution in [1.82, 2.24) is 0 Å². The summed E-state index contributed by atoms with van der Waals surface area (Å²) in [6.07, 6.45) is 0. The number of thioether (sulfide) groups is 1. The molecule has 104 valence electrons. The maximum Gasteiger partial charge on any atom is 0.234 e. The van der Waals surface area contributed by atoms with Crippen molar-refractivity contribution < 1.29 is 13.6 Å². The van der Waals surface area contributed by atoms with Crippen molar-refractivity contribution in [3.8, 4) is 0 Å². The highest BCUT2D eigenvalue weighted by Gasteiger charge is 2.08. The van der Waals surface area contributed by atoms with Gasteiger partial charge in [0.05, 0.1) is 5.75 Å². The van der Waals surface area contributed by atoms with Gasteiger partial charge in [0.1, 0.15) is 11.6 Å². The van der Waals surface area contributed by atoms with Crippen molar-refractivity contribution in [2.24, 2.45) is 0 Å². The standard InChI is InChI=1S/C14H10BrF2NOS/c15-9-1-4-11(5-2-9)18-14(19)8-20-13-6-3-10(16)7-12(13)17/h1-7H,8H2,(H,18,19). The molecule has 1 amide bonds. The molecule has 0 aliphatic heterocycles. The lowest BCUT2D eigenvalue weighted by Gasteiger charge is -2.06. The Balaban J connectivity index is 1.90. The van der Waals surface area contributed by atoms with Crippen molar-refractivity contribution in [1.29, 1.82) is 0 Å². The van der Waals surface area contributed by atoms with Crippen LogP contribution in [0.3, 0.4) is 0 Å². The number of hydrogen-bond donors (Lipinski definition) is 1. The molecule has 0 spiro atoms. The average Bonchev–Trinajstić information content (AvgIpc) is 2.40. The highest BCUT2D eigenvalue weighted by atomic mass is 79.9. The Labute approximate surface area is 127 Å². The smallest absolute Gasteiger partial charge is 0.234 e. The summed E-state index contributed by atoms with van der Waals surface area (Å²) in [4.78, 5) is 12.0. The lowest BCUT2D eigenvalue weighted by molar-refractivity contribution is -0.113. The number of anilines is 1. The van der Waals surface area contributed by atoms with Crippen LogP contribution < -0.4 is 5.32 Å². The molecule has 0 aromatic heterocycles. The van der Waals surface area contributed by atoms with Gasteiger partial charge in [-0.05, 0) is 36.4 Å². The molecule has 20 heavy (non-hydrogen) atoms. The van der Waals surface area contributed by atoms with Gasteiger partial charge in [0.2, 0.25) is 5.91 Å². The zero-order valence-corrected chi connectivity index (χ0v) is 12.6. The first kappa shape index (κ1) is 15.0. The third-order valence-corrected chi connectivity index (χ3v) is 3.96. The van der Waals surface area contributed by atoms with Crippen LogP contribution >= 0.6 is 27.7 Å². The van der Waals surface area contributed by atoms with Gasteiger partial charge in [0.15, 0.2) is 0 Å². The van der Waals surface area contributed by atoms with Crippen molar-refractivity contribution in [3.63, 3.8) is 0 Å². The molecule has 0 fully saturated rings. The first-order chi connectivity index (χ1) is 9.54. The topological polar surface area (TPSA) is 29.1 Å². The number of carbonyl (C=O) groups excluding carboxylic acids is 1. The van der Waals surface area contributed by atoms with Gasteiger partial charge in [-0.3, -0.25) is 4.79 Å². The quantitative estimate of drug-likeness (QED) is 0.818. The highest BCUT2D eigenvalue weighted by molar-refractivity contribution is 9.10. The minimum absolute atomic E-state index is 0.0542. The Bertz CT molecular complexity index is 619. The molecule has 0 saturated heterocycles. The fourth-order valence-electron chi connectivity index (χ4n) is 1.47. The summed E-state index contributed by atoms with van der Waals surface area (Å²) in [5, 5.41) is 2.69. The molecular weight excluding hydrogens is 348 g/mol. The second-order valence-corrected chi connectivity index (χ2v) is 5.85. The number of benzene rings is 2. The van der Waals surface area contributed by atoms with E-state index in [9.17, 15) is 13.6 Å². The number of carbonyl (C=O) groups is 1. The number of halogens is 3. The largest absolute Gasteiger partial charge is 0.325 e. The molecule has 2 rings (SSSR count). The van der Waals surface area contributed by atoms with E-state index >= 15 is 0 Å². The van der Waals surface area contributed by atoms with Crippen molar-refractivity contribution in [2.45, 2.75) is 4.90 Å². The number of nitrogens with one attached hydrogen (secondary N) is 1. The molecule has 6 heteroatoms. The van der Waals surface area contributed by atoms with Gasteiger partial charge in [-0.25, -0.2) is 8.78 Å². The summed E-state index contributed by atoms with van der Waals surface area (Å²) >= 11 is 4.32. The van der Waals surface area contributed by atoms with Gasteiger partial charge in [-0.15, -0.1) is 11.8 Å². The summed E-state index contributed by atoms with van der Waals surface area (Å²) in [6, 6.07) is 10.4. The lowest BCUT2D eigenvalue weighted by atomic mass is 10.3. The van der Waals surface area contributed by atoms with Gasteiger partial charge in [0.25, 0.3) is 0 Å². The van der Waals surface area contributed by atoms with E-state index in [0.29, 0.717) is 5.69 Å². The third kappa shape index (κ3) is 4.31. The maximum atomic E-state index is 13.4. The fraction of sp³-hybridized carbons (Fsp3) is 0.0714. The molecule has 1 N–H and O–H groups in total. The number of rotatable bonds is 4. The van der Waals surface area contributed by atoms with E-state index in [0.717, 1.165) is 28.4 Å². The summed E-state index contributed by atoms with van der Waals surface area (Å²) in [6.45, 7) is 0. The second kappa shape index (κ2) is 6.85. The number of hydrogen-bond acceptors (Lipinski definition) is 2. The van der Waals surface area contributed by atoms with Crippen molar-refractivity contribution in [2.75, 3.05) is 11.1 Å². The maximum absolute atomic E-state index is 13.4. The summed E-state index contributed by atoms with van der Waals surface area (Å²) in [7, 11) is 0. The Morgan fingerprint density at radius 1 is 1.15 bits per heavy atom. The molecule has 2 nitrogen and oxygen atoms in total. The van der Waals surface area contributed by atoms with Crippen molar-refractivity contribution in [3.05, 3.63) is 58.6 Å². The summed E-state index contributed by atoms with van der Waals surface area (Å²) < 4.78 is 27.0. The predicted molar refractivity (Wildman–Crippen MR) is 79.9 cm³/mol. The minimum Gasteiger partial charge on any atom is -0.325 e. The van der Waals surface area contributed by atoms with E-state index in [1.54, 1.807) is 12.1 Å². The molecule has 0 atom stereocenters. The molecule has 0 unspecified atom stereocenters. The minimum atomic E-state index is -0.661. The predicted octanol–water partition coefficient (Wildman–Crippen LogP) is 4.46. The van der Waals surface area contributed by atoms with Gasteiger partial charge in [0, 0.05) is 21.1 Å². The molecule has 0 aliphatic rings. The van der Waals surface area contributed by atoms with E-state index in [2.05, 4.69) is 21.2 Å². The van der Waals surface area contributed by atoms with Gasteiger partial charge in [-0.2, -0.15) is 0 Å². The zero-order chi connectivity index (χ0) is 14.5. The second-order valence-electron chi connectivity index (χ2n) is 3.92. The van der Waals surface area contributed by atoms with Gasteiger partial charge >= 0.3 is 0 Å². The average molecular weight is 358 g/mol. The Hall–Kier alpha value is -1.40. The van der Waals surface area contributed by atoms with Crippen LogP contribution in [0.2, 0.25) is 0 Å². The molecule has 0 heterocycles. The molecule has 0 bridgehead atoms. The first-order valence-corrected chi connectivity index (χ1v) is 7.46. The Morgan fingerprint density at radius 2 is 1.85 bits per heavy atom. The SMILES string of the molecule is O=C(CSc1ccc(F)cc1F)Nc1ccc(Br)cc1. The zero-order valence-electron chi connectivity index (χ0n) is 10.2. The van der Waals surface area contributed by atoms with Gasteiger partial charge in [-0.1, -0.05) is 15.9 Å².